The van der Waals surface area contributed by atoms with Gasteiger partial charge >= 0.3 is 0 Å². The molecule has 3 aliphatic rings. The van der Waals surface area contributed by atoms with Gasteiger partial charge in [-0.1, -0.05) is 164 Å². The van der Waals surface area contributed by atoms with Gasteiger partial charge < -0.3 is 9.47 Å². The summed E-state index contributed by atoms with van der Waals surface area (Å²) in [6.07, 6.45) is -8.85. The topological polar surface area (TPSA) is 8.17 Å². The van der Waals surface area contributed by atoms with Crippen molar-refractivity contribution in [3.8, 4) is 39.1 Å². The van der Waals surface area contributed by atoms with E-state index in [2.05, 4.69) is 167 Å². The summed E-state index contributed by atoms with van der Waals surface area (Å²) in [5.74, 6) is 0. The van der Waals surface area contributed by atoms with Crippen molar-refractivity contribution >= 4 is 38.9 Å². The fourth-order valence-corrected chi connectivity index (χ4v) is 11.0. The molecule has 0 N–H and O–H groups in total. The van der Waals surface area contributed by atoms with E-state index in [1.54, 1.807) is 24.3 Å². The first-order valence-corrected chi connectivity index (χ1v) is 22.9. The molecule has 67 heavy (non-hydrogen) atoms. The third-order valence-electron chi connectivity index (χ3n) is 14.2. The second-order valence-electron chi connectivity index (χ2n) is 17.8. The number of aryl methyl sites for hydroxylation is 4. The second kappa shape index (κ2) is 14.9. The van der Waals surface area contributed by atoms with Crippen LogP contribution in [-0.4, -0.2) is 4.57 Å². The van der Waals surface area contributed by atoms with Gasteiger partial charge in [-0.15, -0.1) is 0 Å². The lowest BCUT2D eigenvalue weighted by Gasteiger charge is -2.37. The van der Waals surface area contributed by atoms with Gasteiger partial charge in [0, 0.05) is 44.5 Å². The average Bonchev–Trinajstić information content (AvgIpc) is 4.19. The van der Waals surface area contributed by atoms with Crippen LogP contribution in [-0.2, 0) is 30.9 Å². The summed E-state index contributed by atoms with van der Waals surface area (Å²) < 4.78 is 72.9. The molecule has 0 bridgehead atoms. The molecule has 0 unspecified atom stereocenters. The molecule has 0 atom stereocenters. The van der Waals surface area contributed by atoms with Gasteiger partial charge in [0.25, 0.3) is 0 Å². The maximum absolute atomic E-state index is 8.96. The standard InChI is InChI=1S/C65H46N2/c1-3-11-43(12-4-1)44-25-32-54(33-26-44)66(55-34-27-47(28-35-55)50-29-38-64-60(41-50)59-16-8-10-18-63(59)67(64)53-13-5-2-6-14-53)56-36-37-58-57-15-7-9-17-61(57)65(62(58)42-56,51-30-23-45-19-21-48(45)39-51)52-31-24-46-20-22-49(46)40-52/h1-18,23-42H,19-22H2/i19D2,20D2,21D2,22D2. The van der Waals surface area contributed by atoms with E-state index in [-0.39, 0.29) is 11.1 Å². The Balaban J connectivity index is 0.958. The summed E-state index contributed by atoms with van der Waals surface area (Å²) in [7, 11) is 0. The monoisotopic (exact) mass is 862 g/mol. The number of fused-ring (bicyclic) bond motifs is 8. The highest BCUT2D eigenvalue weighted by atomic mass is 15.1. The Morgan fingerprint density at radius 1 is 0.358 bits per heavy atom. The summed E-state index contributed by atoms with van der Waals surface area (Å²) in [5, 5.41) is 2.35. The van der Waals surface area contributed by atoms with E-state index >= 15 is 0 Å². The van der Waals surface area contributed by atoms with Crippen molar-refractivity contribution in [1.29, 1.82) is 0 Å². The zero-order valence-electron chi connectivity index (χ0n) is 44.3. The zero-order chi connectivity index (χ0) is 51.2. The van der Waals surface area contributed by atoms with Gasteiger partial charge in [-0.2, -0.15) is 0 Å². The first-order valence-electron chi connectivity index (χ1n) is 26.9. The van der Waals surface area contributed by atoms with Gasteiger partial charge in [0.2, 0.25) is 0 Å². The minimum Gasteiger partial charge on any atom is -0.310 e. The van der Waals surface area contributed by atoms with Crippen molar-refractivity contribution in [3.05, 3.63) is 275 Å². The fraction of sp³-hybridized carbons (Fsp3) is 0.0769. The molecule has 0 saturated heterocycles. The quantitative estimate of drug-likeness (QED) is 0.148. The van der Waals surface area contributed by atoms with Crippen LogP contribution in [0.2, 0.25) is 0 Å². The lowest BCUT2D eigenvalue weighted by molar-refractivity contribution is 0.740. The smallest absolute Gasteiger partial charge is 0.0714 e. The molecular formula is C65H46N2. The van der Waals surface area contributed by atoms with E-state index in [0.717, 1.165) is 78.3 Å². The van der Waals surface area contributed by atoms with Crippen LogP contribution in [0.15, 0.2) is 231 Å². The largest absolute Gasteiger partial charge is 0.310 e. The molecule has 14 rings (SSSR count). The Morgan fingerprint density at radius 2 is 0.881 bits per heavy atom. The number of rotatable bonds is 8. The minimum atomic E-state index is -2.25. The SMILES string of the molecule is [2H]C1([2H])c2ccc(C3(c4ccc5c(c4)C([2H])([2H])C5([2H])[2H])c4ccccc4-c4ccc(N(c5ccc(-c6ccccc6)cc5)c5ccc(-c6ccc7c(c6)c6ccccc6n7-c6ccccc6)cc5)cc43)cc2C1([2H])[2H]. The van der Waals surface area contributed by atoms with Gasteiger partial charge in [0.05, 0.1) is 16.4 Å². The average molecular weight is 863 g/mol. The number of hydrogen-bond acceptors (Lipinski definition) is 1. The third-order valence-corrected chi connectivity index (χ3v) is 14.2. The van der Waals surface area contributed by atoms with E-state index < -0.39 is 30.9 Å². The van der Waals surface area contributed by atoms with Crippen LogP contribution >= 0.6 is 0 Å². The highest BCUT2D eigenvalue weighted by Crippen LogP contribution is 2.58. The molecular weight excluding hydrogens is 809 g/mol. The Bertz CT molecular complexity index is 4050. The zero-order valence-corrected chi connectivity index (χ0v) is 36.3. The molecule has 3 aliphatic carbocycles. The van der Waals surface area contributed by atoms with Crippen LogP contribution in [0.5, 0.6) is 0 Å². The summed E-state index contributed by atoms with van der Waals surface area (Å²) in [6, 6.07) is 78.7. The molecule has 0 spiro atoms. The van der Waals surface area contributed by atoms with Crippen molar-refractivity contribution in [2.75, 3.05) is 4.90 Å². The first kappa shape index (κ1) is 30.8. The number of aromatic nitrogens is 1. The predicted octanol–water partition coefficient (Wildman–Crippen LogP) is 16.1. The molecule has 2 nitrogen and oxygen atoms in total. The van der Waals surface area contributed by atoms with E-state index in [4.69, 9.17) is 11.0 Å². The molecule has 0 aliphatic heterocycles. The highest BCUT2D eigenvalue weighted by Gasteiger charge is 2.47. The minimum absolute atomic E-state index is 0.281. The van der Waals surface area contributed by atoms with Crippen molar-refractivity contribution in [3.63, 3.8) is 0 Å². The molecule has 0 amide bonds. The molecule has 11 aromatic rings. The lowest BCUT2D eigenvalue weighted by atomic mass is 9.65. The van der Waals surface area contributed by atoms with E-state index in [9.17, 15) is 0 Å². The third kappa shape index (κ3) is 5.82. The number of para-hydroxylation sites is 2. The van der Waals surface area contributed by atoms with E-state index in [1.165, 1.54) is 10.8 Å². The van der Waals surface area contributed by atoms with Gasteiger partial charge in [0.1, 0.15) is 0 Å². The summed E-state index contributed by atoms with van der Waals surface area (Å²) in [4.78, 5) is 2.25. The molecule has 10 aromatic carbocycles. The molecule has 0 fully saturated rings. The summed E-state index contributed by atoms with van der Waals surface area (Å²) >= 11 is 0. The number of benzene rings is 10. The highest BCUT2D eigenvalue weighted by molar-refractivity contribution is 6.10. The molecule has 1 heterocycles. The van der Waals surface area contributed by atoms with Crippen molar-refractivity contribution < 1.29 is 11.0 Å². The number of hydrogen-bond donors (Lipinski definition) is 0. The molecule has 0 saturated carbocycles. The Labute approximate surface area is 402 Å². The fourth-order valence-electron chi connectivity index (χ4n) is 11.0. The molecule has 1 aromatic heterocycles. The van der Waals surface area contributed by atoms with Gasteiger partial charge in [-0.05, 0) is 170 Å². The summed E-state index contributed by atoms with van der Waals surface area (Å²) in [5.41, 5.74) is 15.6. The van der Waals surface area contributed by atoms with Gasteiger partial charge in [-0.3, -0.25) is 0 Å². The predicted molar refractivity (Wildman–Crippen MR) is 278 cm³/mol. The first-order chi connectivity index (χ1) is 36.2. The number of nitrogens with zero attached hydrogens (tertiary/aromatic N) is 2. The lowest BCUT2D eigenvalue weighted by Crippen LogP contribution is -2.30. The van der Waals surface area contributed by atoms with E-state index in [0.29, 0.717) is 22.3 Å². The Kier molecular flexibility index (Phi) is 6.87. The normalized spacial score (nSPS) is 18.6. The van der Waals surface area contributed by atoms with Crippen LogP contribution in [0, 0.1) is 0 Å². The Hall–Kier alpha value is -8.20. The maximum atomic E-state index is 8.96. The molecule has 0 radical (unpaired) electrons. The Morgan fingerprint density at radius 3 is 1.58 bits per heavy atom. The van der Waals surface area contributed by atoms with Crippen LogP contribution in [0.3, 0.4) is 0 Å². The molecule has 2 heteroatoms. The van der Waals surface area contributed by atoms with Crippen molar-refractivity contribution in [1.82, 2.24) is 4.57 Å². The number of anilines is 3. The summed E-state index contributed by atoms with van der Waals surface area (Å²) in [6.45, 7) is 0. The van der Waals surface area contributed by atoms with Crippen molar-refractivity contribution in [2.24, 2.45) is 0 Å². The second-order valence-corrected chi connectivity index (χ2v) is 17.8. The van der Waals surface area contributed by atoms with Crippen LogP contribution < -0.4 is 4.90 Å². The van der Waals surface area contributed by atoms with Crippen molar-refractivity contribution in [2.45, 2.75) is 30.9 Å². The van der Waals surface area contributed by atoms with Crippen LogP contribution in [0.25, 0.3) is 60.9 Å². The van der Waals surface area contributed by atoms with Crippen LogP contribution in [0.1, 0.15) is 55.5 Å². The van der Waals surface area contributed by atoms with E-state index in [1.807, 2.05) is 48.5 Å². The van der Waals surface area contributed by atoms with Gasteiger partial charge in [0.15, 0.2) is 0 Å². The maximum Gasteiger partial charge on any atom is 0.0714 e. The van der Waals surface area contributed by atoms with Crippen LogP contribution in [0.4, 0.5) is 17.1 Å². The van der Waals surface area contributed by atoms with Gasteiger partial charge in [-0.25, -0.2) is 0 Å². The molecule has 316 valence electrons.